The molecular weight excluding hydrogens is 269 g/mol. The number of rotatable bonds is 5. The second-order valence-corrected chi connectivity index (χ2v) is 4.98. The van der Waals surface area contributed by atoms with E-state index in [1.165, 1.54) is 13.2 Å². The Morgan fingerprint density at radius 2 is 1.86 bits per heavy atom. The Kier molecular flexibility index (Phi) is 4.77. The van der Waals surface area contributed by atoms with Crippen molar-refractivity contribution in [2.45, 2.75) is 6.04 Å². The van der Waals surface area contributed by atoms with Crippen molar-refractivity contribution in [1.29, 1.82) is 0 Å². The first-order valence-corrected chi connectivity index (χ1v) is 6.63. The van der Waals surface area contributed by atoms with Gasteiger partial charge in [-0.25, -0.2) is 9.82 Å². The van der Waals surface area contributed by atoms with Crippen molar-refractivity contribution in [2.75, 3.05) is 26.1 Å². The SMILES string of the molecule is COc1ccc(C(NN)c2cccc(N(C)C)c2)cc1F. The topological polar surface area (TPSA) is 50.5 Å². The van der Waals surface area contributed by atoms with Gasteiger partial charge in [0.1, 0.15) is 0 Å². The molecule has 0 radical (unpaired) electrons. The molecule has 4 nitrogen and oxygen atoms in total. The average Bonchev–Trinajstić information content (AvgIpc) is 2.48. The fourth-order valence-electron chi connectivity index (χ4n) is 2.23. The number of hydrogen-bond donors (Lipinski definition) is 2. The molecule has 2 rings (SSSR count). The first kappa shape index (κ1) is 15.3. The summed E-state index contributed by atoms with van der Waals surface area (Å²) in [5.74, 6) is 5.48. The first-order valence-electron chi connectivity index (χ1n) is 6.63. The summed E-state index contributed by atoms with van der Waals surface area (Å²) in [4.78, 5) is 2.01. The van der Waals surface area contributed by atoms with Crippen LogP contribution in [0.25, 0.3) is 0 Å². The van der Waals surface area contributed by atoms with Crippen LogP contribution in [0, 0.1) is 5.82 Å². The standard InChI is InChI=1S/C16H20FN3O/c1-20(2)13-6-4-5-11(9-13)16(19-18)12-7-8-15(21-3)14(17)10-12/h4-10,16,19H,18H2,1-3H3. The molecule has 2 aromatic rings. The summed E-state index contributed by atoms with van der Waals surface area (Å²) in [6.07, 6.45) is 0. The van der Waals surface area contributed by atoms with E-state index < -0.39 is 5.82 Å². The molecule has 0 spiro atoms. The van der Waals surface area contributed by atoms with Gasteiger partial charge in [0.2, 0.25) is 0 Å². The molecule has 1 unspecified atom stereocenters. The van der Waals surface area contributed by atoms with Gasteiger partial charge in [-0.1, -0.05) is 18.2 Å². The van der Waals surface area contributed by atoms with E-state index in [4.69, 9.17) is 10.6 Å². The predicted octanol–water partition coefficient (Wildman–Crippen LogP) is 2.45. The molecule has 5 heteroatoms. The highest BCUT2D eigenvalue weighted by molar-refractivity contribution is 5.49. The average molecular weight is 289 g/mol. The predicted molar refractivity (Wildman–Crippen MR) is 82.9 cm³/mol. The molecule has 3 N–H and O–H groups in total. The number of hydrazine groups is 1. The van der Waals surface area contributed by atoms with Gasteiger partial charge >= 0.3 is 0 Å². The van der Waals surface area contributed by atoms with Gasteiger partial charge < -0.3 is 9.64 Å². The largest absolute Gasteiger partial charge is 0.494 e. The lowest BCUT2D eigenvalue weighted by Gasteiger charge is -2.20. The molecule has 0 heterocycles. The van der Waals surface area contributed by atoms with E-state index in [0.29, 0.717) is 0 Å². The van der Waals surface area contributed by atoms with Gasteiger partial charge in [-0.3, -0.25) is 5.84 Å². The molecule has 0 aliphatic carbocycles. The molecule has 0 amide bonds. The Bertz CT molecular complexity index is 616. The van der Waals surface area contributed by atoms with Crippen LogP contribution in [0.5, 0.6) is 5.75 Å². The monoisotopic (exact) mass is 289 g/mol. The van der Waals surface area contributed by atoms with Crippen molar-refractivity contribution in [2.24, 2.45) is 5.84 Å². The number of nitrogens with two attached hydrogens (primary N) is 1. The molecule has 112 valence electrons. The van der Waals surface area contributed by atoms with Gasteiger partial charge in [-0.15, -0.1) is 0 Å². The summed E-state index contributed by atoms with van der Waals surface area (Å²) in [5, 5.41) is 0. The highest BCUT2D eigenvalue weighted by atomic mass is 19.1. The van der Waals surface area contributed by atoms with E-state index >= 15 is 0 Å². The van der Waals surface area contributed by atoms with E-state index in [2.05, 4.69) is 5.43 Å². The highest BCUT2D eigenvalue weighted by Crippen LogP contribution is 2.27. The number of anilines is 1. The van der Waals surface area contributed by atoms with Gasteiger partial charge in [0.05, 0.1) is 13.2 Å². The number of methoxy groups -OCH3 is 1. The third-order valence-electron chi connectivity index (χ3n) is 3.40. The summed E-state index contributed by atoms with van der Waals surface area (Å²) >= 11 is 0. The second kappa shape index (κ2) is 6.56. The Morgan fingerprint density at radius 3 is 2.43 bits per heavy atom. The summed E-state index contributed by atoms with van der Waals surface area (Å²) in [7, 11) is 5.38. The molecule has 0 fully saturated rings. The van der Waals surface area contributed by atoms with Crippen LogP contribution in [0.3, 0.4) is 0 Å². The lowest BCUT2D eigenvalue weighted by Crippen LogP contribution is -2.29. The number of nitrogens with one attached hydrogen (secondary N) is 1. The minimum Gasteiger partial charge on any atom is -0.494 e. The number of hydrogen-bond acceptors (Lipinski definition) is 4. The first-order chi connectivity index (χ1) is 10.1. The van der Waals surface area contributed by atoms with Gasteiger partial charge in [0, 0.05) is 19.8 Å². The molecule has 1 atom stereocenters. The van der Waals surface area contributed by atoms with E-state index in [0.717, 1.165) is 16.8 Å². The zero-order chi connectivity index (χ0) is 15.4. The molecule has 0 aromatic heterocycles. The summed E-state index contributed by atoms with van der Waals surface area (Å²) in [5.41, 5.74) is 5.50. The quantitative estimate of drug-likeness (QED) is 0.656. The maximum absolute atomic E-state index is 13.9. The second-order valence-electron chi connectivity index (χ2n) is 4.98. The maximum Gasteiger partial charge on any atom is 0.165 e. The van der Waals surface area contributed by atoms with Crippen LogP contribution in [-0.2, 0) is 0 Å². The number of nitrogens with zero attached hydrogens (tertiary/aromatic N) is 1. The van der Waals surface area contributed by atoms with Crippen molar-refractivity contribution < 1.29 is 9.13 Å². The Labute approximate surface area is 124 Å². The zero-order valence-electron chi connectivity index (χ0n) is 12.4. The Hall–Kier alpha value is -2.11. The van der Waals surface area contributed by atoms with E-state index in [1.54, 1.807) is 12.1 Å². The summed E-state index contributed by atoms with van der Waals surface area (Å²) in [6.45, 7) is 0. The van der Waals surface area contributed by atoms with E-state index in [9.17, 15) is 4.39 Å². The van der Waals surface area contributed by atoms with E-state index in [1.807, 2.05) is 43.3 Å². The molecule has 0 bridgehead atoms. The summed E-state index contributed by atoms with van der Waals surface area (Å²) in [6, 6.07) is 12.5. The van der Waals surface area contributed by atoms with Crippen molar-refractivity contribution in [3.05, 3.63) is 59.4 Å². The third kappa shape index (κ3) is 3.32. The van der Waals surface area contributed by atoms with Crippen LogP contribution in [0.2, 0.25) is 0 Å². The van der Waals surface area contributed by atoms with Crippen molar-refractivity contribution in [3.63, 3.8) is 0 Å². The van der Waals surface area contributed by atoms with Crippen LogP contribution in [0.1, 0.15) is 17.2 Å². The lowest BCUT2D eigenvalue weighted by atomic mass is 9.98. The number of halogens is 1. The number of benzene rings is 2. The molecule has 2 aromatic carbocycles. The molecule has 21 heavy (non-hydrogen) atoms. The third-order valence-corrected chi connectivity index (χ3v) is 3.40. The minimum absolute atomic E-state index is 0.219. The van der Waals surface area contributed by atoms with Crippen LogP contribution >= 0.6 is 0 Å². The van der Waals surface area contributed by atoms with Crippen LogP contribution in [0.4, 0.5) is 10.1 Å². The lowest BCUT2D eigenvalue weighted by molar-refractivity contribution is 0.385. The van der Waals surface area contributed by atoms with Crippen molar-refractivity contribution >= 4 is 5.69 Å². The van der Waals surface area contributed by atoms with Gasteiger partial charge in [-0.2, -0.15) is 0 Å². The van der Waals surface area contributed by atoms with Crippen molar-refractivity contribution in [1.82, 2.24) is 5.43 Å². The smallest absolute Gasteiger partial charge is 0.165 e. The fraction of sp³-hybridized carbons (Fsp3) is 0.250. The normalized spacial score (nSPS) is 12.0. The molecule has 0 saturated carbocycles. The summed E-state index contributed by atoms with van der Waals surface area (Å²) < 4.78 is 18.8. The van der Waals surface area contributed by atoms with Gasteiger partial charge in [0.15, 0.2) is 11.6 Å². The zero-order valence-corrected chi connectivity index (χ0v) is 12.4. The van der Waals surface area contributed by atoms with E-state index in [-0.39, 0.29) is 11.8 Å². The van der Waals surface area contributed by atoms with Crippen LogP contribution in [-0.4, -0.2) is 21.2 Å². The number of ether oxygens (including phenoxy) is 1. The van der Waals surface area contributed by atoms with Crippen LogP contribution < -0.4 is 20.9 Å². The molecule has 0 saturated heterocycles. The van der Waals surface area contributed by atoms with Gasteiger partial charge in [-0.05, 0) is 35.4 Å². The maximum atomic E-state index is 13.9. The highest BCUT2D eigenvalue weighted by Gasteiger charge is 2.15. The fourth-order valence-corrected chi connectivity index (χ4v) is 2.23. The molecular formula is C16H20FN3O. The van der Waals surface area contributed by atoms with Crippen LogP contribution in [0.15, 0.2) is 42.5 Å². The van der Waals surface area contributed by atoms with Gasteiger partial charge in [0.25, 0.3) is 0 Å². The molecule has 0 aliphatic heterocycles. The Morgan fingerprint density at radius 1 is 1.14 bits per heavy atom. The molecule has 0 aliphatic rings. The minimum atomic E-state index is -0.404. The van der Waals surface area contributed by atoms with Crippen molar-refractivity contribution in [3.8, 4) is 5.75 Å². The Balaban J connectivity index is 2.39.